The molecule has 0 aliphatic rings. The van der Waals surface area contributed by atoms with Crippen molar-refractivity contribution in [3.8, 4) is 0 Å². The van der Waals surface area contributed by atoms with Crippen LogP contribution < -0.4 is 5.32 Å². The fraction of sp³-hybridized carbons (Fsp3) is 0.500. The van der Waals surface area contributed by atoms with Crippen LogP contribution in [0.1, 0.15) is 32.6 Å². The smallest absolute Gasteiger partial charge is 0.138 e. The van der Waals surface area contributed by atoms with Gasteiger partial charge in [0, 0.05) is 23.5 Å². The van der Waals surface area contributed by atoms with Crippen LogP contribution in [0.15, 0.2) is 4.52 Å². The molecule has 1 N–H and O–H groups in total. The molecule has 0 atom stereocenters. The average Bonchev–Trinajstić information content (AvgIpc) is 2.74. The van der Waals surface area contributed by atoms with E-state index in [0.29, 0.717) is 0 Å². The Hall–Kier alpha value is -1.20. The molecule has 4 nitrogen and oxygen atoms in total. The highest BCUT2D eigenvalue weighted by Crippen LogP contribution is 2.17. The molecule has 5 heteroatoms. The van der Waals surface area contributed by atoms with Crippen LogP contribution in [0.5, 0.6) is 0 Å². The fourth-order valence-electron chi connectivity index (χ4n) is 1.79. The van der Waals surface area contributed by atoms with Crippen LogP contribution in [-0.2, 0) is 13.1 Å². The molecule has 0 aliphatic heterocycles. The van der Waals surface area contributed by atoms with Crippen LogP contribution in [0.2, 0.25) is 0 Å². The lowest BCUT2D eigenvalue weighted by Crippen LogP contribution is -2.13. The van der Waals surface area contributed by atoms with Gasteiger partial charge in [0.2, 0.25) is 0 Å². The molecule has 17 heavy (non-hydrogen) atoms. The molecule has 0 fully saturated rings. The van der Waals surface area contributed by atoms with Gasteiger partial charge in [-0.25, -0.2) is 4.98 Å². The van der Waals surface area contributed by atoms with Crippen molar-refractivity contribution >= 4 is 11.3 Å². The van der Waals surface area contributed by atoms with Crippen LogP contribution in [0, 0.1) is 27.7 Å². The summed E-state index contributed by atoms with van der Waals surface area (Å²) in [6.07, 6.45) is 0. The van der Waals surface area contributed by atoms with Gasteiger partial charge in [-0.2, -0.15) is 0 Å². The number of aromatic nitrogens is 2. The Morgan fingerprint density at radius 1 is 1.12 bits per heavy atom. The molecule has 0 aromatic carbocycles. The third-order valence-electron chi connectivity index (χ3n) is 2.77. The number of nitrogens with one attached hydrogen (secondary N) is 1. The summed E-state index contributed by atoms with van der Waals surface area (Å²) >= 11 is 1.75. The zero-order chi connectivity index (χ0) is 12.4. The van der Waals surface area contributed by atoms with Gasteiger partial charge >= 0.3 is 0 Å². The van der Waals surface area contributed by atoms with Gasteiger partial charge in [-0.05, 0) is 27.7 Å². The molecule has 0 spiro atoms. The molecule has 2 aromatic heterocycles. The van der Waals surface area contributed by atoms with E-state index in [-0.39, 0.29) is 0 Å². The van der Waals surface area contributed by atoms with Gasteiger partial charge in [0.1, 0.15) is 5.76 Å². The molecule has 0 amide bonds. The maximum absolute atomic E-state index is 5.13. The monoisotopic (exact) mass is 251 g/mol. The maximum Gasteiger partial charge on any atom is 0.138 e. The van der Waals surface area contributed by atoms with Gasteiger partial charge in [0.25, 0.3) is 0 Å². The van der Waals surface area contributed by atoms with Gasteiger partial charge < -0.3 is 9.84 Å². The second-order valence-corrected chi connectivity index (χ2v) is 5.44. The number of thiazole rings is 1. The molecule has 2 heterocycles. The average molecular weight is 251 g/mol. The van der Waals surface area contributed by atoms with E-state index in [1.807, 2.05) is 20.8 Å². The highest BCUT2D eigenvalue weighted by Gasteiger charge is 2.09. The van der Waals surface area contributed by atoms with E-state index in [4.69, 9.17) is 4.52 Å². The van der Waals surface area contributed by atoms with Crippen molar-refractivity contribution in [3.05, 3.63) is 32.6 Å². The quantitative estimate of drug-likeness (QED) is 0.907. The number of hydrogen-bond donors (Lipinski definition) is 1. The first-order valence-electron chi connectivity index (χ1n) is 5.63. The van der Waals surface area contributed by atoms with Crippen LogP contribution in [0.4, 0.5) is 0 Å². The van der Waals surface area contributed by atoms with E-state index >= 15 is 0 Å². The molecule has 0 radical (unpaired) electrons. The number of hydrogen-bond acceptors (Lipinski definition) is 5. The summed E-state index contributed by atoms with van der Waals surface area (Å²) in [5.74, 6) is 0.896. The molecule has 0 saturated heterocycles. The Labute approximate surface area is 105 Å². The molecular weight excluding hydrogens is 234 g/mol. The van der Waals surface area contributed by atoms with E-state index in [9.17, 15) is 0 Å². The van der Waals surface area contributed by atoms with E-state index in [0.717, 1.165) is 40.8 Å². The third kappa shape index (κ3) is 2.73. The SMILES string of the molecule is Cc1nc(C)c(CNCc2c(C)noc2C)s1. The summed E-state index contributed by atoms with van der Waals surface area (Å²) in [6, 6.07) is 0. The maximum atomic E-state index is 5.13. The lowest BCUT2D eigenvalue weighted by atomic mass is 10.2. The first-order chi connectivity index (χ1) is 8.08. The van der Waals surface area contributed by atoms with Gasteiger partial charge in [-0.1, -0.05) is 5.16 Å². The molecule has 2 aromatic rings. The van der Waals surface area contributed by atoms with Gasteiger partial charge in [0.05, 0.1) is 16.4 Å². The van der Waals surface area contributed by atoms with E-state index in [1.54, 1.807) is 11.3 Å². The van der Waals surface area contributed by atoms with Gasteiger partial charge in [0.15, 0.2) is 0 Å². The number of rotatable bonds is 4. The zero-order valence-corrected chi connectivity index (χ0v) is 11.4. The molecule has 2 rings (SSSR count). The van der Waals surface area contributed by atoms with Crippen LogP contribution >= 0.6 is 11.3 Å². The first kappa shape index (κ1) is 12.3. The van der Waals surface area contributed by atoms with Crippen molar-refractivity contribution in [1.82, 2.24) is 15.5 Å². The first-order valence-corrected chi connectivity index (χ1v) is 6.45. The van der Waals surface area contributed by atoms with Crippen LogP contribution in [0.25, 0.3) is 0 Å². The third-order valence-corrected chi connectivity index (χ3v) is 3.84. The van der Waals surface area contributed by atoms with E-state index in [2.05, 4.69) is 22.4 Å². The molecule has 0 bridgehead atoms. The van der Waals surface area contributed by atoms with Crippen molar-refractivity contribution in [2.75, 3.05) is 0 Å². The highest BCUT2D eigenvalue weighted by molar-refractivity contribution is 7.11. The number of nitrogens with zero attached hydrogens (tertiary/aromatic N) is 2. The standard InChI is InChI=1S/C12H17N3OS/c1-7-11(9(3)16-15-7)5-13-6-12-8(2)14-10(4)17-12/h13H,5-6H2,1-4H3. The van der Waals surface area contributed by atoms with Crippen molar-refractivity contribution in [3.63, 3.8) is 0 Å². The van der Waals surface area contributed by atoms with Crippen LogP contribution in [0.3, 0.4) is 0 Å². The van der Waals surface area contributed by atoms with Gasteiger partial charge in [-0.15, -0.1) is 11.3 Å². The minimum Gasteiger partial charge on any atom is -0.361 e. The Balaban J connectivity index is 1.94. The van der Waals surface area contributed by atoms with Crippen molar-refractivity contribution in [2.24, 2.45) is 0 Å². The summed E-state index contributed by atoms with van der Waals surface area (Å²) in [5, 5.41) is 8.47. The second kappa shape index (κ2) is 4.98. The predicted molar refractivity (Wildman–Crippen MR) is 68.1 cm³/mol. The Bertz CT molecular complexity index is 496. The second-order valence-electron chi connectivity index (χ2n) is 4.15. The van der Waals surface area contributed by atoms with E-state index in [1.165, 1.54) is 4.88 Å². The normalized spacial score (nSPS) is 11.1. The summed E-state index contributed by atoms with van der Waals surface area (Å²) in [6.45, 7) is 9.64. The largest absolute Gasteiger partial charge is 0.361 e. The van der Waals surface area contributed by atoms with Crippen molar-refractivity contribution < 1.29 is 4.52 Å². The van der Waals surface area contributed by atoms with Crippen LogP contribution in [-0.4, -0.2) is 10.1 Å². The minimum absolute atomic E-state index is 0.789. The minimum atomic E-state index is 0.789. The Morgan fingerprint density at radius 3 is 2.41 bits per heavy atom. The summed E-state index contributed by atoms with van der Waals surface area (Å²) in [5.41, 5.74) is 3.25. The highest BCUT2D eigenvalue weighted by atomic mass is 32.1. The summed E-state index contributed by atoms with van der Waals surface area (Å²) in [7, 11) is 0. The number of aryl methyl sites for hydroxylation is 4. The Morgan fingerprint density at radius 2 is 1.88 bits per heavy atom. The van der Waals surface area contributed by atoms with Gasteiger partial charge in [-0.3, -0.25) is 0 Å². The molecular formula is C12H17N3OS. The van der Waals surface area contributed by atoms with Crippen molar-refractivity contribution in [1.29, 1.82) is 0 Å². The topological polar surface area (TPSA) is 51.0 Å². The van der Waals surface area contributed by atoms with Crippen molar-refractivity contribution in [2.45, 2.75) is 40.8 Å². The fourth-order valence-corrected chi connectivity index (χ4v) is 2.70. The molecule has 92 valence electrons. The molecule has 0 aliphatic carbocycles. The molecule has 0 saturated carbocycles. The Kier molecular flexibility index (Phi) is 3.59. The lowest BCUT2D eigenvalue weighted by molar-refractivity contribution is 0.392. The summed E-state index contributed by atoms with van der Waals surface area (Å²) < 4.78 is 5.13. The lowest BCUT2D eigenvalue weighted by Gasteiger charge is -2.02. The zero-order valence-electron chi connectivity index (χ0n) is 10.6. The molecule has 0 unspecified atom stereocenters. The van der Waals surface area contributed by atoms with E-state index < -0.39 is 0 Å². The summed E-state index contributed by atoms with van der Waals surface area (Å²) in [4.78, 5) is 5.71. The predicted octanol–water partition coefficient (Wildman–Crippen LogP) is 2.65.